The van der Waals surface area contributed by atoms with Gasteiger partial charge in [-0.25, -0.2) is 0 Å². The Hall–Kier alpha value is -3.69. The summed E-state index contributed by atoms with van der Waals surface area (Å²) in [6.45, 7) is 0.776. The predicted molar refractivity (Wildman–Crippen MR) is 130 cm³/mol. The van der Waals surface area contributed by atoms with Gasteiger partial charge in [-0.1, -0.05) is 54.6 Å². The molecule has 4 aromatic carbocycles. The van der Waals surface area contributed by atoms with Crippen LogP contribution in [-0.2, 0) is 0 Å². The number of hydrogen-bond donors (Lipinski definition) is 0. The van der Waals surface area contributed by atoms with E-state index in [4.69, 9.17) is 13.6 Å². The summed E-state index contributed by atoms with van der Waals surface area (Å²) in [5.74, 6) is 2.08. The van der Waals surface area contributed by atoms with Gasteiger partial charge in [-0.15, -0.1) is 0 Å². The summed E-state index contributed by atoms with van der Waals surface area (Å²) in [5, 5.41) is 0. The molecule has 6 heteroatoms. The van der Waals surface area contributed by atoms with Crippen LogP contribution in [0.3, 0.4) is 0 Å². The number of anilines is 3. The first-order chi connectivity index (χ1) is 15.8. The Morgan fingerprint density at radius 2 is 1.12 bits per heavy atom. The third-order valence-corrected chi connectivity index (χ3v) is 6.17. The number of hydrogen-bond acceptors (Lipinski definition) is 5. The van der Waals surface area contributed by atoms with Crippen molar-refractivity contribution in [1.29, 1.82) is 0 Å². The molecule has 0 fully saturated rings. The Bertz CT molecular complexity index is 1130. The summed E-state index contributed by atoms with van der Waals surface area (Å²) in [5.41, 5.74) is 3.44. The van der Waals surface area contributed by atoms with Gasteiger partial charge in [0.05, 0.1) is 18.0 Å². The van der Waals surface area contributed by atoms with E-state index >= 15 is 0 Å². The van der Waals surface area contributed by atoms with E-state index in [-0.39, 0.29) is 0 Å². The highest BCUT2D eigenvalue weighted by atomic mass is 31.2. The zero-order valence-electron chi connectivity index (χ0n) is 17.7. The average Bonchev–Trinajstić information content (AvgIpc) is 3.17. The molecule has 0 saturated heterocycles. The molecule has 5 rings (SSSR count). The number of rotatable bonds is 7. The summed E-state index contributed by atoms with van der Waals surface area (Å²) in [4.78, 5) is 4.49. The topological polar surface area (TPSA) is 34.2 Å². The van der Waals surface area contributed by atoms with Crippen molar-refractivity contribution in [2.45, 2.75) is 0 Å². The maximum Gasteiger partial charge on any atom is 0.530 e. The lowest BCUT2D eigenvalue weighted by molar-refractivity contribution is 0.388. The molecular weight excluding hydrogens is 419 g/mol. The molecule has 0 N–H and O–H groups in total. The Morgan fingerprint density at radius 3 is 1.78 bits per heavy atom. The van der Waals surface area contributed by atoms with Crippen molar-refractivity contribution in [2.24, 2.45) is 0 Å². The van der Waals surface area contributed by atoms with Crippen LogP contribution in [0.4, 0.5) is 17.1 Å². The standard InChI is InChI=1S/C26H23N2O3P/c1-27-20-28(26-18-9-8-17-25(26)27)21-11-10-16-24(19-21)31-32(29-22-12-4-2-5-13-22)30-23-14-6-3-7-15-23/h2-19H,20H2,1H3. The monoisotopic (exact) mass is 442 g/mol. The Labute approximate surface area is 189 Å². The lowest BCUT2D eigenvalue weighted by Crippen LogP contribution is -2.23. The fourth-order valence-corrected chi connectivity index (χ4v) is 4.57. The first-order valence-electron chi connectivity index (χ1n) is 10.4. The van der Waals surface area contributed by atoms with E-state index < -0.39 is 8.60 Å². The van der Waals surface area contributed by atoms with Crippen LogP contribution in [-0.4, -0.2) is 13.7 Å². The minimum absolute atomic E-state index is 0.688. The molecule has 0 atom stereocenters. The van der Waals surface area contributed by atoms with E-state index in [1.807, 2.05) is 78.9 Å². The van der Waals surface area contributed by atoms with Crippen molar-refractivity contribution in [3.05, 3.63) is 109 Å². The van der Waals surface area contributed by atoms with Gasteiger partial charge in [0.25, 0.3) is 0 Å². The Kier molecular flexibility index (Phi) is 5.82. The Balaban J connectivity index is 1.39. The van der Waals surface area contributed by atoms with E-state index in [1.54, 1.807) is 0 Å². The van der Waals surface area contributed by atoms with Crippen molar-refractivity contribution >= 4 is 25.7 Å². The molecule has 0 amide bonds. The molecule has 0 spiro atoms. The van der Waals surface area contributed by atoms with E-state index in [0.29, 0.717) is 17.2 Å². The molecule has 0 radical (unpaired) electrons. The van der Waals surface area contributed by atoms with Gasteiger partial charge in [-0.3, -0.25) is 0 Å². The lowest BCUT2D eigenvalue weighted by atomic mass is 10.2. The molecule has 4 aromatic rings. The number of nitrogens with zero attached hydrogens (tertiary/aromatic N) is 2. The van der Waals surface area contributed by atoms with Crippen LogP contribution in [0.5, 0.6) is 17.2 Å². The van der Waals surface area contributed by atoms with Crippen molar-refractivity contribution in [1.82, 2.24) is 0 Å². The summed E-state index contributed by atoms with van der Waals surface area (Å²) in [7, 11) is 0.393. The van der Waals surface area contributed by atoms with Crippen LogP contribution in [0.15, 0.2) is 109 Å². The van der Waals surface area contributed by atoms with Gasteiger partial charge in [0.1, 0.15) is 17.2 Å². The Morgan fingerprint density at radius 1 is 0.594 bits per heavy atom. The molecule has 0 unspecified atom stereocenters. The molecule has 0 bridgehead atoms. The van der Waals surface area contributed by atoms with Crippen LogP contribution in [0.2, 0.25) is 0 Å². The maximum absolute atomic E-state index is 6.22. The molecule has 1 aliphatic rings. The van der Waals surface area contributed by atoms with Gasteiger partial charge >= 0.3 is 8.60 Å². The SMILES string of the molecule is CN1CN(c2cccc(OP(Oc3ccccc3)Oc3ccccc3)c2)c2ccccc21. The molecule has 0 aliphatic carbocycles. The second kappa shape index (κ2) is 9.21. The molecule has 160 valence electrons. The fraction of sp³-hybridized carbons (Fsp3) is 0.0769. The van der Waals surface area contributed by atoms with Gasteiger partial charge < -0.3 is 23.4 Å². The van der Waals surface area contributed by atoms with Crippen LogP contribution in [0.25, 0.3) is 0 Å². The number of fused-ring (bicyclic) bond motifs is 1. The fourth-order valence-electron chi connectivity index (χ4n) is 3.59. The van der Waals surface area contributed by atoms with Gasteiger partial charge in [-0.2, -0.15) is 0 Å². The second-order valence-electron chi connectivity index (χ2n) is 7.38. The molecule has 0 aromatic heterocycles. The van der Waals surface area contributed by atoms with Crippen molar-refractivity contribution < 1.29 is 13.6 Å². The molecule has 32 heavy (non-hydrogen) atoms. The summed E-state index contributed by atoms with van der Waals surface area (Å²) in [6.07, 6.45) is 0. The smallest absolute Gasteiger partial charge is 0.409 e. The van der Waals surface area contributed by atoms with Crippen molar-refractivity contribution in [2.75, 3.05) is 23.5 Å². The second-order valence-corrected chi connectivity index (χ2v) is 8.37. The summed E-state index contributed by atoms with van der Waals surface area (Å²) >= 11 is 0. The van der Waals surface area contributed by atoms with Crippen molar-refractivity contribution in [3.8, 4) is 17.2 Å². The summed E-state index contributed by atoms with van der Waals surface area (Å²) in [6, 6.07) is 35.6. The zero-order valence-corrected chi connectivity index (χ0v) is 18.6. The lowest BCUT2D eigenvalue weighted by Gasteiger charge is -2.21. The van der Waals surface area contributed by atoms with Crippen molar-refractivity contribution in [3.63, 3.8) is 0 Å². The summed E-state index contributed by atoms with van der Waals surface area (Å²) < 4.78 is 18.3. The maximum atomic E-state index is 6.22. The van der Waals surface area contributed by atoms with Crippen LogP contribution in [0.1, 0.15) is 0 Å². The predicted octanol–water partition coefficient (Wildman–Crippen LogP) is 7.00. The van der Waals surface area contributed by atoms with Gasteiger partial charge in [0, 0.05) is 18.8 Å². The highest BCUT2D eigenvalue weighted by Gasteiger charge is 2.25. The zero-order chi connectivity index (χ0) is 21.8. The third-order valence-electron chi connectivity index (χ3n) is 5.09. The average molecular weight is 442 g/mol. The highest BCUT2D eigenvalue weighted by Crippen LogP contribution is 2.44. The van der Waals surface area contributed by atoms with Gasteiger partial charge in [-0.05, 0) is 48.5 Å². The molecule has 5 nitrogen and oxygen atoms in total. The van der Waals surface area contributed by atoms with E-state index in [9.17, 15) is 0 Å². The molecular formula is C26H23N2O3P. The highest BCUT2D eigenvalue weighted by molar-refractivity contribution is 7.43. The third kappa shape index (κ3) is 4.48. The van der Waals surface area contributed by atoms with Gasteiger partial charge in [0.15, 0.2) is 0 Å². The molecule has 1 aliphatic heterocycles. The van der Waals surface area contributed by atoms with Crippen LogP contribution < -0.4 is 23.4 Å². The largest absolute Gasteiger partial charge is 0.530 e. The first kappa shape index (κ1) is 20.2. The first-order valence-corrected chi connectivity index (χ1v) is 11.5. The minimum Gasteiger partial charge on any atom is -0.409 e. The quantitative estimate of drug-likeness (QED) is 0.288. The molecule has 1 heterocycles. The van der Waals surface area contributed by atoms with E-state index in [0.717, 1.165) is 12.4 Å². The van der Waals surface area contributed by atoms with E-state index in [2.05, 4.69) is 47.2 Å². The van der Waals surface area contributed by atoms with Gasteiger partial charge in [0.2, 0.25) is 0 Å². The molecule has 0 saturated carbocycles. The van der Waals surface area contributed by atoms with E-state index in [1.165, 1.54) is 11.4 Å². The number of para-hydroxylation sites is 4. The van der Waals surface area contributed by atoms with Crippen LogP contribution >= 0.6 is 8.60 Å². The minimum atomic E-state index is -1.70. The number of benzene rings is 4. The van der Waals surface area contributed by atoms with Crippen LogP contribution in [0, 0.1) is 0 Å². The normalized spacial score (nSPS) is 12.6.